The van der Waals surface area contributed by atoms with Gasteiger partial charge >= 0.3 is 12.4 Å². The van der Waals surface area contributed by atoms with E-state index in [4.69, 9.17) is 0 Å². The van der Waals surface area contributed by atoms with Crippen molar-refractivity contribution in [1.82, 2.24) is 0 Å². The fourth-order valence-electron chi connectivity index (χ4n) is 1.87. The Morgan fingerprint density at radius 2 is 1.05 bits per heavy atom. The maximum atomic E-state index is 12.7. The molecule has 0 fully saturated rings. The Bertz CT molecular complexity index is 602. The highest BCUT2D eigenvalue weighted by Gasteiger charge is 2.36. The normalized spacial score (nSPS) is 12.5. The maximum Gasteiger partial charge on any atom is 0.416 e. The van der Waals surface area contributed by atoms with Crippen LogP contribution in [0.1, 0.15) is 16.7 Å². The van der Waals surface area contributed by atoms with E-state index in [0.717, 1.165) is 17.7 Å². The van der Waals surface area contributed by atoms with Crippen LogP contribution < -0.4 is 0 Å². The van der Waals surface area contributed by atoms with E-state index in [0.29, 0.717) is 5.56 Å². The van der Waals surface area contributed by atoms with Crippen LogP contribution >= 0.6 is 0 Å². The minimum absolute atomic E-state index is 0.114. The summed E-state index contributed by atoms with van der Waals surface area (Å²) in [4.78, 5) is 0. The van der Waals surface area contributed by atoms with E-state index in [1.165, 1.54) is 12.1 Å². The zero-order chi connectivity index (χ0) is 15.8. The third-order valence-electron chi connectivity index (χ3n) is 2.97. The molecule has 0 aliphatic heterocycles. The summed E-state index contributed by atoms with van der Waals surface area (Å²) in [6.07, 6.45) is -9.67. The van der Waals surface area contributed by atoms with Gasteiger partial charge in [-0.25, -0.2) is 0 Å². The number of benzene rings is 2. The number of halogens is 6. The number of alkyl halides is 6. The van der Waals surface area contributed by atoms with Gasteiger partial charge in [0.05, 0.1) is 11.1 Å². The molecule has 0 amide bonds. The van der Waals surface area contributed by atoms with Crippen molar-refractivity contribution < 1.29 is 26.3 Å². The molecule has 0 heterocycles. The summed E-state index contributed by atoms with van der Waals surface area (Å²) in [6, 6.07) is 7.80. The molecule has 0 aliphatic carbocycles. The molecule has 0 saturated carbocycles. The van der Waals surface area contributed by atoms with Crippen molar-refractivity contribution in [2.45, 2.75) is 19.3 Å². The second-order valence-corrected chi connectivity index (χ2v) is 4.66. The first kappa shape index (κ1) is 15.4. The van der Waals surface area contributed by atoms with Crippen LogP contribution in [0.15, 0.2) is 42.5 Å². The molecule has 2 rings (SSSR count). The number of rotatable bonds is 1. The molecule has 0 atom stereocenters. The van der Waals surface area contributed by atoms with Crippen LogP contribution in [0.3, 0.4) is 0 Å². The number of aryl methyl sites for hydroxylation is 1. The molecule has 0 bridgehead atoms. The van der Waals surface area contributed by atoms with E-state index >= 15 is 0 Å². The summed E-state index contributed by atoms with van der Waals surface area (Å²) >= 11 is 0. The molecular formula is C15H10F6. The van der Waals surface area contributed by atoms with Crippen molar-refractivity contribution in [2.24, 2.45) is 0 Å². The third-order valence-corrected chi connectivity index (χ3v) is 2.97. The molecule has 0 saturated heterocycles. The van der Waals surface area contributed by atoms with Crippen LogP contribution in [0.2, 0.25) is 0 Å². The van der Waals surface area contributed by atoms with Crippen LogP contribution in [0.5, 0.6) is 0 Å². The average molecular weight is 304 g/mol. The molecule has 0 aliphatic rings. The number of hydrogen-bond donors (Lipinski definition) is 0. The predicted octanol–water partition coefficient (Wildman–Crippen LogP) is 5.70. The van der Waals surface area contributed by atoms with Crippen LogP contribution in [-0.4, -0.2) is 0 Å². The molecule has 112 valence electrons. The fraction of sp³-hybridized carbons (Fsp3) is 0.200. The van der Waals surface area contributed by atoms with E-state index in [1.54, 1.807) is 19.1 Å². The van der Waals surface area contributed by atoms with Crippen molar-refractivity contribution in [1.29, 1.82) is 0 Å². The average Bonchev–Trinajstić information content (AvgIpc) is 2.37. The van der Waals surface area contributed by atoms with Gasteiger partial charge < -0.3 is 0 Å². The predicted molar refractivity (Wildman–Crippen MR) is 66.6 cm³/mol. The van der Waals surface area contributed by atoms with E-state index < -0.39 is 23.5 Å². The molecule has 0 unspecified atom stereocenters. The van der Waals surface area contributed by atoms with Gasteiger partial charge in [-0.1, -0.05) is 29.8 Å². The zero-order valence-electron chi connectivity index (χ0n) is 10.8. The zero-order valence-corrected chi connectivity index (χ0v) is 10.8. The molecule has 0 spiro atoms. The first-order valence-corrected chi connectivity index (χ1v) is 5.94. The molecule has 0 aromatic heterocycles. The van der Waals surface area contributed by atoms with Crippen LogP contribution in [-0.2, 0) is 12.4 Å². The second kappa shape index (κ2) is 5.09. The van der Waals surface area contributed by atoms with E-state index in [9.17, 15) is 26.3 Å². The monoisotopic (exact) mass is 304 g/mol. The molecule has 0 radical (unpaired) electrons. The standard InChI is InChI=1S/C15H10F6/c1-9-2-4-10(5-3-9)11-6-12(14(16,17)18)8-13(7-11)15(19,20)21/h2-8H,1H3. The molecule has 6 heteroatoms. The van der Waals surface area contributed by atoms with Crippen molar-refractivity contribution >= 4 is 0 Å². The Balaban J connectivity index is 2.63. The van der Waals surface area contributed by atoms with Crippen LogP contribution in [0.4, 0.5) is 26.3 Å². The lowest BCUT2D eigenvalue weighted by Crippen LogP contribution is -2.11. The molecule has 0 nitrogen and oxygen atoms in total. The van der Waals surface area contributed by atoms with Crippen molar-refractivity contribution in [2.75, 3.05) is 0 Å². The summed E-state index contributed by atoms with van der Waals surface area (Å²) in [6.45, 7) is 1.77. The lowest BCUT2D eigenvalue weighted by Gasteiger charge is -2.14. The number of hydrogen-bond acceptors (Lipinski definition) is 0. The van der Waals surface area contributed by atoms with Gasteiger partial charge in [0.15, 0.2) is 0 Å². The van der Waals surface area contributed by atoms with E-state index in [1.807, 2.05) is 0 Å². The van der Waals surface area contributed by atoms with Gasteiger partial charge in [0, 0.05) is 0 Å². The van der Waals surface area contributed by atoms with Gasteiger partial charge in [0.25, 0.3) is 0 Å². The van der Waals surface area contributed by atoms with Crippen LogP contribution in [0.25, 0.3) is 11.1 Å². The largest absolute Gasteiger partial charge is 0.416 e. The smallest absolute Gasteiger partial charge is 0.166 e. The van der Waals surface area contributed by atoms with Crippen molar-refractivity contribution in [3.63, 3.8) is 0 Å². The van der Waals surface area contributed by atoms with E-state index in [-0.39, 0.29) is 11.6 Å². The topological polar surface area (TPSA) is 0 Å². The first-order valence-electron chi connectivity index (χ1n) is 5.94. The Kier molecular flexibility index (Phi) is 3.74. The van der Waals surface area contributed by atoms with Crippen molar-refractivity contribution in [3.8, 4) is 11.1 Å². The first-order chi connectivity index (χ1) is 9.57. The second-order valence-electron chi connectivity index (χ2n) is 4.66. The summed E-state index contributed by atoms with van der Waals surface area (Å²) in [5, 5.41) is 0. The minimum atomic E-state index is -4.83. The highest BCUT2D eigenvalue weighted by molar-refractivity contribution is 5.66. The quantitative estimate of drug-likeness (QED) is 0.593. The van der Waals surface area contributed by atoms with Gasteiger partial charge in [-0.2, -0.15) is 26.3 Å². The minimum Gasteiger partial charge on any atom is -0.166 e. The SMILES string of the molecule is Cc1ccc(-c2cc(C(F)(F)F)cc(C(F)(F)F)c2)cc1. The highest BCUT2D eigenvalue weighted by atomic mass is 19.4. The van der Waals surface area contributed by atoms with E-state index in [2.05, 4.69) is 0 Å². The van der Waals surface area contributed by atoms with Gasteiger partial charge in [-0.05, 0) is 36.2 Å². The summed E-state index contributed by atoms with van der Waals surface area (Å²) in [5.74, 6) is 0. The van der Waals surface area contributed by atoms with Gasteiger partial charge in [-0.3, -0.25) is 0 Å². The summed E-state index contributed by atoms with van der Waals surface area (Å²) < 4.78 is 76.5. The Morgan fingerprint density at radius 1 is 0.619 bits per heavy atom. The third kappa shape index (κ3) is 3.56. The van der Waals surface area contributed by atoms with Gasteiger partial charge in [0.2, 0.25) is 0 Å². The molecule has 0 N–H and O–H groups in total. The Hall–Kier alpha value is -1.98. The maximum absolute atomic E-state index is 12.7. The van der Waals surface area contributed by atoms with Gasteiger partial charge in [-0.15, -0.1) is 0 Å². The van der Waals surface area contributed by atoms with Crippen molar-refractivity contribution in [3.05, 3.63) is 59.2 Å². The summed E-state index contributed by atoms with van der Waals surface area (Å²) in [7, 11) is 0. The molecule has 2 aromatic carbocycles. The summed E-state index contributed by atoms with van der Waals surface area (Å²) in [5.41, 5.74) is -1.57. The molecule has 21 heavy (non-hydrogen) atoms. The Morgan fingerprint density at radius 3 is 1.43 bits per heavy atom. The molecule has 2 aromatic rings. The molecular weight excluding hydrogens is 294 g/mol. The Labute approximate surface area is 117 Å². The lowest BCUT2D eigenvalue weighted by atomic mass is 9.98. The highest BCUT2D eigenvalue weighted by Crippen LogP contribution is 2.38. The fourth-order valence-corrected chi connectivity index (χ4v) is 1.87. The van der Waals surface area contributed by atoms with Gasteiger partial charge in [0.1, 0.15) is 0 Å². The van der Waals surface area contributed by atoms with Crippen LogP contribution in [0, 0.1) is 6.92 Å². The lowest BCUT2D eigenvalue weighted by molar-refractivity contribution is -0.143.